The highest BCUT2D eigenvalue weighted by Crippen LogP contribution is 1.87. The molecular formula is C11H21N3O5. The topological polar surface area (TPSA) is 117 Å². The number of nitrogens with one attached hydrogen (secondary N) is 3. The van der Waals surface area contributed by atoms with Crippen LogP contribution in [0.5, 0.6) is 0 Å². The molecule has 110 valence electrons. The maximum Gasteiger partial charge on any atom is 0.334 e. The Morgan fingerprint density at radius 3 is 2.37 bits per heavy atom. The van der Waals surface area contributed by atoms with Crippen molar-refractivity contribution in [1.29, 1.82) is 0 Å². The Balaban J connectivity index is 3.70. The summed E-state index contributed by atoms with van der Waals surface area (Å²) in [5.74, 6) is -1.29. The van der Waals surface area contributed by atoms with Crippen LogP contribution < -0.4 is 16.0 Å². The maximum absolute atomic E-state index is 11.3. The molecule has 19 heavy (non-hydrogen) atoms. The van der Waals surface area contributed by atoms with Crippen molar-refractivity contribution in [2.75, 3.05) is 26.7 Å². The first-order valence-corrected chi connectivity index (χ1v) is 6.05. The van der Waals surface area contributed by atoms with Crippen LogP contribution in [0.3, 0.4) is 0 Å². The van der Waals surface area contributed by atoms with Gasteiger partial charge in [-0.2, -0.15) is 0 Å². The maximum atomic E-state index is 11.3. The summed E-state index contributed by atoms with van der Waals surface area (Å²) in [6.07, 6.45) is -0.0496. The minimum Gasteiger partial charge on any atom is -0.479 e. The number of aliphatic carboxylic acids is 1. The minimum atomic E-state index is -1.15. The molecule has 1 unspecified atom stereocenters. The van der Waals surface area contributed by atoms with Crippen LogP contribution in [0.25, 0.3) is 0 Å². The van der Waals surface area contributed by atoms with E-state index in [1.54, 1.807) is 0 Å². The van der Waals surface area contributed by atoms with Gasteiger partial charge >= 0.3 is 12.0 Å². The van der Waals surface area contributed by atoms with E-state index in [1.807, 2.05) is 6.92 Å². The van der Waals surface area contributed by atoms with Gasteiger partial charge in [-0.3, -0.25) is 4.79 Å². The zero-order valence-corrected chi connectivity index (χ0v) is 11.2. The first-order chi connectivity index (χ1) is 9.01. The van der Waals surface area contributed by atoms with E-state index < -0.39 is 18.1 Å². The van der Waals surface area contributed by atoms with Crippen molar-refractivity contribution in [3.8, 4) is 0 Å². The van der Waals surface area contributed by atoms with Crippen LogP contribution in [0.4, 0.5) is 4.79 Å². The Bertz CT molecular complexity index is 309. The number of methoxy groups -OCH3 is 1. The number of carboxylic acids is 1. The van der Waals surface area contributed by atoms with Crippen molar-refractivity contribution >= 4 is 17.9 Å². The molecule has 0 fully saturated rings. The lowest BCUT2D eigenvalue weighted by Gasteiger charge is -2.12. The molecule has 3 amide bonds. The highest BCUT2D eigenvalue weighted by atomic mass is 16.5. The van der Waals surface area contributed by atoms with Gasteiger partial charge < -0.3 is 25.8 Å². The third kappa shape index (κ3) is 8.83. The van der Waals surface area contributed by atoms with Gasteiger partial charge in [0.1, 0.15) is 0 Å². The molecule has 0 aromatic heterocycles. The number of hydrogen-bond acceptors (Lipinski definition) is 4. The van der Waals surface area contributed by atoms with Crippen molar-refractivity contribution in [2.24, 2.45) is 0 Å². The van der Waals surface area contributed by atoms with Crippen LogP contribution >= 0.6 is 0 Å². The van der Waals surface area contributed by atoms with Crippen LogP contribution in [0.2, 0.25) is 0 Å². The molecule has 0 aliphatic heterocycles. The predicted molar refractivity (Wildman–Crippen MR) is 67.8 cm³/mol. The highest BCUT2D eigenvalue weighted by Gasteiger charge is 2.16. The Morgan fingerprint density at radius 2 is 1.84 bits per heavy atom. The van der Waals surface area contributed by atoms with Crippen molar-refractivity contribution in [1.82, 2.24) is 16.0 Å². The SMILES string of the molecule is CCCNC(=O)CCNC(=O)NCC(OC)C(=O)O. The Morgan fingerprint density at radius 1 is 1.16 bits per heavy atom. The second kappa shape index (κ2) is 10.1. The summed E-state index contributed by atoms with van der Waals surface area (Å²) < 4.78 is 4.64. The van der Waals surface area contributed by atoms with E-state index >= 15 is 0 Å². The van der Waals surface area contributed by atoms with E-state index in [4.69, 9.17) is 5.11 Å². The average molecular weight is 275 g/mol. The lowest BCUT2D eigenvalue weighted by atomic mass is 10.3. The van der Waals surface area contributed by atoms with E-state index in [1.165, 1.54) is 7.11 Å². The molecule has 8 nitrogen and oxygen atoms in total. The number of hydrogen-bond donors (Lipinski definition) is 4. The summed E-state index contributed by atoms with van der Waals surface area (Å²) >= 11 is 0. The molecule has 0 rings (SSSR count). The van der Waals surface area contributed by atoms with E-state index in [0.29, 0.717) is 6.54 Å². The zero-order chi connectivity index (χ0) is 14.7. The first-order valence-electron chi connectivity index (χ1n) is 6.05. The fraction of sp³-hybridized carbons (Fsp3) is 0.727. The molecule has 4 N–H and O–H groups in total. The summed E-state index contributed by atoms with van der Waals surface area (Å²) in [4.78, 5) is 33.1. The molecule has 0 saturated heterocycles. The summed E-state index contributed by atoms with van der Waals surface area (Å²) in [5, 5.41) is 16.1. The summed E-state index contributed by atoms with van der Waals surface area (Å²) in [7, 11) is 1.25. The van der Waals surface area contributed by atoms with E-state index in [-0.39, 0.29) is 25.4 Å². The molecule has 0 spiro atoms. The third-order valence-electron chi connectivity index (χ3n) is 2.22. The highest BCUT2D eigenvalue weighted by molar-refractivity contribution is 5.79. The Labute approximate surface area is 111 Å². The van der Waals surface area contributed by atoms with Gasteiger partial charge in [0.05, 0.1) is 6.54 Å². The molecular weight excluding hydrogens is 254 g/mol. The fourth-order valence-corrected chi connectivity index (χ4v) is 1.16. The summed E-state index contributed by atoms with van der Waals surface area (Å²) in [5.41, 5.74) is 0. The standard InChI is InChI=1S/C11H21N3O5/c1-3-5-12-9(15)4-6-13-11(18)14-7-8(19-2)10(16)17/h8H,3-7H2,1-2H3,(H,12,15)(H,16,17)(H2,13,14,18). The molecule has 0 aromatic carbocycles. The predicted octanol–water partition coefficient (Wildman–Crippen LogP) is -0.698. The molecule has 0 heterocycles. The van der Waals surface area contributed by atoms with E-state index in [0.717, 1.165) is 6.42 Å². The van der Waals surface area contributed by atoms with Crippen molar-refractivity contribution in [2.45, 2.75) is 25.9 Å². The summed E-state index contributed by atoms with van der Waals surface area (Å²) in [6, 6.07) is -0.536. The number of urea groups is 1. The van der Waals surface area contributed by atoms with Gasteiger partial charge in [0.15, 0.2) is 6.10 Å². The third-order valence-corrected chi connectivity index (χ3v) is 2.22. The van der Waals surface area contributed by atoms with Crippen LogP contribution in [-0.2, 0) is 14.3 Å². The molecule has 0 aliphatic carbocycles. The quantitative estimate of drug-likeness (QED) is 0.444. The van der Waals surface area contributed by atoms with Gasteiger partial charge in [-0.15, -0.1) is 0 Å². The van der Waals surface area contributed by atoms with Crippen molar-refractivity contribution in [3.63, 3.8) is 0 Å². The Hall–Kier alpha value is -1.83. The minimum absolute atomic E-state index is 0.137. The second-order valence-electron chi connectivity index (χ2n) is 3.80. The number of ether oxygens (including phenoxy) is 1. The fourth-order valence-electron chi connectivity index (χ4n) is 1.16. The van der Waals surface area contributed by atoms with Crippen LogP contribution in [0, 0.1) is 0 Å². The lowest BCUT2D eigenvalue weighted by Crippen LogP contribution is -2.43. The number of carbonyl (C=O) groups is 3. The lowest BCUT2D eigenvalue weighted by molar-refractivity contribution is -0.148. The van der Waals surface area contributed by atoms with Gasteiger partial charge in [0.25, 0.3) is 0 Å². The molecule has 0 aliphatic rings. The van der Waals surface area contributed by atoms with Gasteiger partial charge in [-0.05, 0) is 6.42 Å². The number of carboxylic acid groups (broad SMARTS) is 1. The average Bonchev–Trinajstić information content (AvgIpc) is 2.36. The molecule has 0 radical (unpaired) electrons. The summed E-state index contributed by atoms with van der Waals surface area (Å²) in [6.45, 7) is 2.60. The van der Waals surface area contributed by atoms with Gasteiger partial charge in [-0.1, -0.05) is 6.92 Å². The van der Waals surface area contributed by atoms with Crippen molar-refractivity contribution in [3.05, 3.63) is 0 Å². The van der Waals surface area contributed by atoms with E-state index in [9.17, 15) is 14.4 Å². The monoisotopic (exact) mass is 275 g/mol. The van der Waals surface area contributed by atoms with Crippen molar-refractivity contribution < 1.29 is 24.2 Å². The largest absolute Gasteiger partial charge is 0.479 e. The zero-order valence-electron chi connectivity index (χ0n) is 11.2. The van der Waals surface area contributed by atoms with Gasteiger partial charge in [0.2, 0.25) is 5.91 Å². The number of amides is 3. The van der Waals surface area contributed by atoms with Crippen LogP contribution in [0.1, 0.15) is 19.8 Å². The number of carbonyl (C=O) groups excluding carboxylic acids is 2. The molecule has 0 bridgehead atoms. The van der Waals surface area contributed by atoms with Gasteiger partial charge in [-0.25, -0.2) is 9.59 Å². The Kier molecular flexibility index (Phi) is 9.15. The number of rotatable bonds is 9. The second-order valence-corrected chi connectivity index (χ2v) is 3.80. The first kappa shape index (κ1) is 17.2. The molecule has 0 saturated carbocycles. The van der Waals surface area contributed by atoms with Gasteiger partial charge in [0, 0.05) is 26.6 Å². The molecule has 1 atom stereocenters. The molecule has 0 aromatic rings. The van der Waals surface area contributed by atoms with E-state index in [2.05, 4.69) is 20.7 Å². The smallest absolute Gasteiger partial charge is 0.334 e. The van der Waals surface area contributed by atoms with Crippen LogP contribution in [0.15, 0.2) is 0 Å². The van der Waals surface area contributed by atoms with Crippen LogP contribution in [-0.4, -0.2) is 55.9 Å². The normalized spacial score (nSPS) is 11.5. The molecule has 8 heteroatoms.